The van der Waals surface area contributed by atoms with Crippen LogP contribution >= 0.6 is 23.1 Å². The van der Waals surface area contributed by atoms with Crippen molar-refractivity contribution >= 4 is 28.9 Å². The second-order valence-corrected chi connectivity index (χ2v) is 7.80. The number of rotatable bonds is 5. The summed E-state index contributed by atoms with van der Waals surface area (Å²) in [6.07, 6.45) is 0. The van der Waals surface area contributed by atoms with Crippen molar-refractivity contribution < 1.29 is 9.18 Å². The molecule has 3 rings (SSSR count). The highest BCUT2D eigenvalue weighted by atomic mass is 32.2. The highest BCUT2D eigenvalue weighted by Crippen LogP contribution is 2.26. The molecule has 0 aliphatic heterocycles. The summed E-state index contributed by atoms with van der Waals surface area (Å²) in [5, 5.41) is 8.85. The van der Waals surface area contributed by atoms with Crippen LogP contribution in [-0.2, 0) is 0 Å². The zero-order valence-corrected chi connectivity index (χ0v) is 15.2. The molecule has 7 heteroatoms. The number of aryl methyl sites for hydroxylation is 2. The number of carbonyl (C=O) groups excluding carboxylic acids is 1. The van der Waals surface area contributed by atoms with E-state index in [9.17, 15) is 9.18 Å². The molecule has 0 aliphatic carbocycles. The normalized spacial score (nSPS) is 11.0. The van der Waals surface area contributed by atoms with Gasteiger partial charge in [0.15, 0.2) is 10.1 Å². The van der Waals surface area contributed by atoms with Gasteiger partial charge in [-0.15, -0.1) is 10.2 Å². The highest BCUT2D eigenvalue weighted by molar-refractivity contribution is 8.01. The fourth-order valence-corrected chi connectivity index (χ4v) is 4.30. The Hall–Kier alpha value is -1.99. The van der Waals surface area contributed by atoms with E-state index >= 15 is 0 Å². The minimum atomic E-state index is -0.296. The van der Waals surface area contributed by atoms with Crippen LogP contribution in [0.5, 0.6) is 0 Å². The van der Waals surface area contributed by atoms with Crippen LogP contribution < -0.4 is 0 Å². The standard InChI is InChI=1S/C17H16FN3OS2/c1-10-7-15(16(22)9-23-17-20-19-12(3)24-17)11(2)21(10)14-6-4-5-13(18)8-14/h4-8H,9H2,1-3H3. The first-order chi connectivity index (χ1) is 11.5. The molecule has 124 valence electrons. The number of halogens is 1. The van der Waals surface area contributed by atoms with Gasteiger partial charge in [-0.05, 0) is 45.0 Å². The van der Waals surface area contributed by atoms with Crippen LogP contribution in [0.4, 0.5) is 4.39 Å². The SMILES string of the molecule is Cc1nnc(SCC(=O)c2cc(C)n(-c3cccc(F)c3)c2C)s1. The molecule has 1 aromatic carbocycles. The molecule has 0 radical (unpaired) electrons. The van der Waals surface area contributed by atoms with Gasteiger partial charge in [-0.3, -0.25) is 4.79 Å². The van der Waals surface area contributed by atoms with Gasteiger partial charge in [0.2, 0.25) is 0 Å². The summed E-state index contributed by atoms with van der Waals surface area (Å²) < 4.78 is 16.2. The fraction of sp³-hybridized carbons (Fsp3) is 0.235. The molecule has 2 aromatic heterocycles. The highest BCUT2D eigenvalue weighted by Gasteiger charge is 2.17. The average Bonchev–Trinajstić information content (AvgIpc) is 3.08. The molecule has 0 amide bonds. The van der Waals surface area contributed by atoms with Crippen molar-refractivity contribution in [2.75, 3.05) is 5.75 Å². The molecule has 0 fully saturated rings. The van der Waals surface area contributed by atoms with Crippen molar-refractivity contribution in [3.63, 3.8) is 0 Å². The molecule has 0 unspecified atom stereocenters. The minimum Gasteiger partial charge on any atom is -0.318 e. The molecular weight excluding hydrogens is 345 g/mol. The van der Waals surface area contributed by atoms with Crippen molar-refractivity contribution in [2.24, 2.45) is 0 Å². The van der Waals surface area contributed by atoms with Crippen LogP contribution in [-0.4, -0.2) is 26.3 Å². The Morgan fingerprint density at radius 3 is 2.71 bits per heavy atom. The van der Waals surface area contributed by atoms with Crippen molar-refractivity contribution in [1.82, 2.24) is 14.8 Å². The van der Waals surface area contributed by atoms with Gasteiger partial charge in [-0.2, -0.15) is 0 Å². The van der Waals surface area contributed by atoms with Gasteiger partial charge < -0.3 is 4.57 Å². The predicted octanol–water partition coefficient (Wildman–Crippen LogP) is 4.37. The topological polar surface area (TPSA) is 47.8 Å². The number of hydrogen-bond donors (Lipinski definition) is 0. The van der Waals surface area contributed by atoms with E-state index in [1.54, 1.807) is 6.07 Å². The number of ketones is 1. The molecule has 0 atom stereocenters. The van der Waals surface area contributed by atoms with Crippen molar-refractivity contribution in [3.05, 3.63) is 58.1 Å². The minimum absolute atomic E-state index is 0.0311. The lowest BCUT2D eigenvalue weighted by Crippen LogP contribution is -2.05. The maximum atomic E-state index is 13.5. The molecule has 24 heavy (non-hydrogen) atoms. The summed E-state index contributed by atoms with van der Waals surface area (Å²) in [6, 6.07) is 8.22. The summed E-state index contributed by atoms with van der Waals surface area (Å²) in [5.41, 5.74) is 3.09. The molecule has 2 heterocycles. The average molecular weight is 361 g/mol. The molecule has 0 saturated heterocycles. The maximum absolute atomic E-state index is 13.5. The molecule has 0 aliphatic rings. The van der Waals surface area contributed by atoms with Crippen LogP contribution in [0.3, 0.4) is 0 Å². The van der Waals surface area contributed by atoms with Crippen molar-refractivity contribution in [3.8, 4) is 5.69 Å². The summed E-state index contributed by atoms with van der Waals surface area (Å²) >= 11 is 2.87. The van der Waals surface area contributed by atoms with Crippen LogP contribution in [0, 0.1) is 26.6 Å². The first kappa shape index (κ1) is 16.9. The third kappa shape index (κ3) is 3.42. The van der Waals surface area contributed by atoms with Crippen LogP contribution in [0.25, 0.3) is 5.69 Å². The molecule has 3 aromatic rings. The quantitative estimate of drug-likeness (QED) is 0.500. The monoisotopic (exact) mass is 361 g/mol. The van der Waals surface area contributed by atoms with Gasteiger partial charge >= 0.3 is 0 Å². The smallest absolute Gasteiger partial charge is 0.174 e. The Morgan fingerprint density at radius 1 is 1.25 bits per heavy atom. The Labute approximate surface area is 147 Å². The lowest BCUT2D eigenvalue weighted by molar-refractivity contribution is 0.102. The third-order valence-electron chi connectivity index (χ3n) is 3.63. The van der Waals surface area contributed by atoms with Gasteiger partial charge in [-0.1, -0.05) is 29.2 Å². The number of hydrogen-bond acceptors (Lipinski definition) is 5. The number of aromatic nitrogens is 3. The van der Waals surface area contributed by atoms with Gasteiger partial charge in [-0.25, -0.2) is 4.39 Å². The Kier molecular flexibility index (Phi) is 4.82. The molecule has 4 nitrogen and oxygen atoms in total. The van der Waals surface area contributed by atoms with E-state index in [0.29, 0.717) is 11.3 Å². The molecule has 0 saturated carbocycles. The third-order valence-corrected chi connectivity index (χ3v) is 5.60. The van der Waals surface area contributed by atoms with Crippen molar-refractivity contribution in [2.45, 2.75) is 25.1 Å². The second kappa shape index (κ2) is 6.86. The lowest BCUT2D eigenvalue weighted by Gasteiger charge is -2.09. The number of thioether (sulfide) groups is 1. The van der Waals surface area contributed by atoms with Gasteiger partial charge in [0, 0.05) is 22.6 Å². The molecule has 0 spiro atoms. The number of benzene rings is 1. The van der Waals surface area contributed by atoms with E-state index in [4.69, 9.17) is 0 Å². The largest absolute Gasteiger partial charge is 0.318 e. The van der Waals surface area contributed by atoms with Gasteiger partial charge in [0.1, 0.15) is 10.8 Å². The van der Waals surface area contributed by atoms with Crippen LogP contribution in [0.1, 0.15) is 26.8 Å². The van der Waals surface area contributed by atoms with E-state index in [1.165, 1.54) is 35.2 Å². The summed E-state index contributed by atoms with van der Waals surface area (Å²) in [7, 11) is 0. The van der Waals surface area contributed by atoms with Crippen LogP contribution in [0.2, 0.25) is 0 Å². The van der Waals surface area contributed by atoms with Crippen molar-refractivity contribution in [1.29, 1.82) is 0 Å². The molecule has 0 N–H and O–H groups in total. The van der Waals surface area contributed by atoms with Gasteiger partial charge in [0.25, 0.3) is 0 Å². The molecule has 0 bridgehead atoms. The van der Waals surface area contributed by atoms with E-state index in [1.807, 2.05) is 37.5 Å². The first-order valence-electron chi connectivity index (χ1n) is 7.36. The Balaban J connectivity index is 1.84. The van der Waals surface area contributed by atoms with Crippen LogP contribution in [0.15, 0.2) is 34.7 Å². The first-order valence-corrected chi connectivity index (χ1v) is 9.17. The zero-order chi connectivity index (χ0) is 17.3. The van der Waals surface area contributed by atoms with E-state index in [-0.39, 0.29) is 11.6 Å². The van der Waals surface area contributed by atoms with Gasteiger partial charge in [0.05, 0.1) is 5.75 Å². The number of carbonyl (C=O) groups is 1. The summed E-state index contributed by atoms with van der Waals surface area (Å²) in [6.45, 7) is 5.68. The summed E-state index contributed by atoms with van der Waals surface area (Å²) in [4.78, 5) is 12.6. The second-order valence-electron chi connectivity index (χ2n) is 5.40. The Bertz CT molecular complexity index is 901. The maximum Gasteiger partial charge on any atom is 0.174 e. The summed E-state index contributed by atoms with van der Waals surface area (Å²) in [5.74, 6) is 0.0425. The number of nitrogens with zero attached hydrogens (tertiary/aromatic N) is 3. The lowest BCUT2D eigenvalue weighted by atomic mass is 10.2. The van der Waals surface area contributed by atoms with E-state index in [2.05, 4.69) is 10.2 Å². The Morgan fingerprint density at radius 2 is 2.04 bits per heavy atom. The fourth-order valence-electron chi connectivity index (χ4n) is 2.60. The zero-order valence-electron chi connectivity index (χ0n) is 13.5. The predicted molar refractivity (Wildman–Crippen MR) is 94.9 cm³/mol. The van der Waals surface area contributed by atoms with E-state index < -0.39 is 0 Å². The number of Topliss-reactive ketones (excluding diaryl/α,β-unsaturated/α-hetero) is 1. The van der Waals surface area contributed by atoms with E-state index in [0.717, 1.165) is 26.4 Å². The molecular formula is C17H16FN3OS2.